The largest absolute Gasteiger partial charge is 0.497 e. The van der Waals surface area contributed by atoms with Crippen molar-refractivity contribution in [3.63, 3.8) is 0 Å². The molecular weight excluding hydrogens is 761 g/mol. The first-order chi connectivity index (χ1) is 28.7. The van der Waals surface area contributed by atoms with Gasteiger partial charge in [-0.2, -0.15) is 4.98 Å². The van der Waals surface area contributed by atoms with E-state index in [0.29, 0.717) is 17.2 Å². The molecule has 1 saturated heterocycles. The van der Waals surface area contributed by atoms with E-state index in [1.165, 1.54) is 17.9 Å². The Labute approximate surface area is 339 Å². The van der Waals surface area contributed by atoms with Crippen molar-refractivity contribution >= 4 is 28.9 Å². The molecule has 1 fully saturated rings. The zero-order valence-corrected chi connectivity index (χ0v) is 32.6. The molecule has 1 aliphatic rings. The first-order valence-corrected chi connectivity index (χ1v) is 18.8. The number of amides is 2. The van der Waals surface area contributed by atoms with Crippen LogP contribution in [0.2, 0.25) is 0 Å². The van der Waals surface area contributed by atoms with Gasteiger partial charge in [0.25, 0.3) is 11.5 Å². The molecule has 0 spiro atoms. The number of carbonyl (C=O) groups is 2. The van der Waals surface area contributed by atoms with Gasteiger partial charge in [0.2, 0.25) is 11.9 Å². The van der Waals surface area contributed by atoms with Gasteiger partial charge in [-0.05, 0) is 53.1 Å². The normalized spacial score (nSPS) is 17.7. The van der Waals surface area contributed by atoms with Gasteiger partial charge in [0, 0.05) is 13.5 Å². The number of aromatic nitrogens is 4. The summed E-state index contributed by atoms with van der Waals surface area (Å²) in [7, 11) is 4.70. The lowest BCUT2D eigenvalue weighted by Gasteiger charge is -2.37. The maximum absolute atomic E-state index is 13.2. The Morgan fingerprint density at radius 3 is 2.07 bits per heavy atom. The number of imidazole rings is 1. The molecule has 4 aromatic carbocycles. The standard InChI is InChI=1S/C43H44N6O10/c1-44-34(50)22-23-56-38-37(52)33(59-41(38)49-26-45-36-39(49)47-42(48-40(36)53)46-35(51)25-57-32-12-8-5-9-13-32)24-58-43(27-10-6-4-7-11-27,28-14-18-30(54-2)19-15-28)29-16-20-31(55-3)21-17-29/h4-21,26,33,37-38,41,52H,22-25H2,1-3H3,(H,44,50)(H2,46,47,48,51,53)/t33-,37-,38-,41-/m1/s1. The number of fused-ring (bicyclic) bond motifs is 1. The Balaban J connectivity index is 1.22. The van der Waals surface area contributed by atoms with Crippen molar-refractivity contribution in [2.75, 3.05) is 46.4 Å². The molecule has 0 aliphatic carbocycles. The first-order valence-electron chi connectivity index (χ1n) is 18.8. The molecular formula is C43H44N6O10. The second-order valence-corrected chi connectivity index (χ2v) is 13.5. The first kappa shape index (κ1) is 40.6. The Morgan fingerprint density at radius 2 is 1.46 bits per heavy atom. The fourth-order valence-electron chi connectivity index (χ4n) is 6.96. The molecule has 0 saturated carbocycles. The minimum atomic E-state index is -1.31. The van der Waals surface area contributed by atoms with E-state index < -0.39 is 41.6 Å². The lowest BCUT2D eigenvalue weighted by atomic mass is 9.80. The topological polar surface area (TPSA) is 197 Å². The summed E-state index contributed by atoms with van der Waals surface area (Å²) in [6.45, 7) is -0.573. The fourth-order valence-corrected chi connectivity index (χ4v) is 6.96. The van der Waals surface area contributed by atoms with Crippen LogP contribution < -0.4 is 30.4 Å². The predicted octanol–water partition coefficient (Wildman–Crippen LogP) is 3.94. The molecule has 6 aromatic rings. The zero-order valence-electron chi connectivity index (χ0n) is 32.6. The number of nitrogens with zero attached hydrogens (tertiary/aromatic N) is 3. The molecule has 0 bridgehead atoms. The van der Waals surface area contributed by atoms with Crippen LogP contribution in [-0.2, 0) is 29.4 Å². The summed E-state index contributed by atoms with van der Waals surface area (Å²) in [4.78, 5) is 49.5. The van der Waals surface area contributed by atoms with Crippen LogP contribution in [0.5, 0.6) is 17.2 Å². The summed E-state index contributed by atoms with van der Waals surface area (Å²) in [5.74, 6) is 0.806. The van der Waals surface area contributed by atoms with Crippen LogP contribution in [0, 0.1) is 0 Å². The van der Waals surface area contributed by atoms with Crippen LogP contribution in [0.25, 0.3) is 11.2 Å². The van der Waals surface area contributed by atoms with Gasteiger partial charge < -0.3 is 38.8 Å². The molecule has 2 amide bonds. The molecule has 4 atom stereocenters. The fraction of sp³-hybridized carbons (Fsp3) is 0.279. The third-order valence-corrected chi connectivity index (χ3v) is 9.95. The van der Waals surface area contributed by atoms with E-state index in [1.54, 1.807) is 38.5 Å². The highest BCUT2D eigenvalue weighted by atomic mass is 16.6. The maximum Gasteiger partial charge on any atom is 0.280 e. The van der Waals surface area contributed by atoms with Gasteiger partial charge >= 0.3 is 0 Å². The summed E-state index contributed by atoms with van der Waals surface area (Å²) in [5, 5.41) is 17.1. The number of anilines is 1. The lowest BCUT2D eigenvalue weighted by molar-refractivity contribution is -0.124. The zero-order chi connectivity index (χ0) is 41.4. The molecule has 3 heterocycles. The number of carbonyl (C=O) groups excluding carboxylic acids is 2. The van der Waals surface area contributed by atoms with Gasteiger partial charge in [0.15, 0.2) is 24.0 Å². The van der Waals surface area contributed by atoms with Crippen molar-refractivity contribution in [1.82, 2.24) is 24.8 Å². The number of methoxy groups -OCH3 is 2. The minimum absolute atomic E-state index is 0.00346. The van der Waals surface area contributed by atoms with Crippen molar-refractivity contribution in [2.24, 2.45) is 0 Å². The molecule has 306 valence electrons. The molecule has 7 rings (SSSR count). The van der Waals surface area contributed by atoms with Crippen LogP contribution in [0.1, 0.15) is 29.3 Å². The van der Waals surface area contributed by atoms with Gasteiger partial charge in [-0.15, -0.1) is 0 Å². The van der Waals surface area contributed by atoms with Gasteiger partial charge in [-0.25, -0.2) is 4.98 Å². The Kier molecular flexibility index (Phi) is 12.6. The highest BCUT2D eigenvalue weighted by molar-refractivity contribution is 5.90. The van der Waals surface area contributed by atoms with Crippen molar-refractivity contribution in [3.8, 4) is 17.2 Å². The second kappa shape index (κ2) is 18.3. The third kappa shape index (κ3) is 8.80. The molecule has 16 heteroatoms. The molecule has 2 aromatic heterocycles. The van der Waals surface area contributed by atoms with Crippen LogP contribution >= 0.6 is 0 Å². The number of hydrogen-bond acceptors (Lipinski definition) is 12. The Bertz CT molecular complexity index is 2340. The van der Waals surface area contributed by atoms with E-state index in [0.717, 1.165) is 16.7 Å². The molecule has 0 unspecified atom stereocenters. The van der Waals surface area contributed by atoms with E-state index in [1.807, 2.05) is 84.9 Å². The molecule has 0 radical (unpaired) electrons. The average Bonchev–Trinajstić information content (AvgIpc) is 3.84. The second-order valence-electron chi connectivity index (χ2n) is 13.5. The molecule has 1 aliphatic heterocycles. The summed E-state index contributed by atoms with van der Waals surface area (Å²) >= 11 is 0. The van der Waals surface area contributed by atoms with Crippen molar-refractivity contribution in [2.45, 2.75) is 36.6 Å². The number of hydrogen-bond donors (Lipinski definition) is 4. The summed E-state index contributed by atoms with van der Waals surface area (Å²) in [6.07, 6.45) is -3.17. The number of para-hydroxylation sites is 1. The summed E-state index contributed by atoms with van der Waals surface area (Å²) in [5.41, 5.74) is 0.467. The maximum atomic E-state index is 13.2. The Morgan fingerprint density at radius 1 is 0.847 bits per heavy atom. The van der Waals surface area contributed by atoms with Gasteiger partial charge in [0.1, 0.15) is 41.2 Å². The van der Waals surface area contributed by atoms with Crippen molar-refractivity contribution in [1.29, 1.82) is 0 Å². The lowest BCUT2D eigenvalue weighted by Crippen LogP contribution is -2.40. The number of nitrogens with one attached hydrogen (secondary N) is 3. The molecule has 59 heavy (non-hydrogen) atoms. The number of aliphatic hydroxyl groups is 1. The highest BCUT2D eigenvalue weighted by Crippen LogP contribution is 2.43. The predicted molar refractivity (Wildman–Crippen MR) is 215 cm³/mol. The minimum Gasteiger partial charge on any atom is -0.497 e. The van der Waals surface area contributed by atoms with Gasteiger partial charge in [0.05, 0.1) is 33.8 Å². The van der Waals surface area contributed by atoms with Crippen molar-refractivity contribution in [3.05, 3.63) is 143 Å². The van der Waals surface area contributed by atoms with Crippen LogP contribution in [0.15, 0.2) is 120 Å². The van der Waals surface area contributed by atoms with Gasteiger partial charge in [-0.1, -0.05) is 72.8 Å². The SMILES string of the molecule is CNC(=O)CCO[C@@H]1[C@H](O)[C@@H](COC(c2ccccc2)(c2ccc(OC)cc2)c2ccc(OC)cc2)O[C@H]1n1cnc2c(=O)[nH]c(NC(=O)COc3ccccc3)nc21. The summed E-state index contributed by atoms with van der Waals surface area (Å²) in [6, 6.07) is 33.5. The highest BCUT2D eigenvalue weighted by Gasteiger charge is 2.48. The number of H-pyrrole nitrogens is 1. The van der Waals surface area contributed by atoms with E-state index in [2.05, 4.69) is 25.6 Å². The van der Waals surface area contributed by atoms with E-state index in [-0.39, 0.29) is 49.3 Å². The number of rotatable bonds is 17. The number of aromatic amines is 1. The summed E-state index contributed by atoms with van der Waals surface area (Å²) < 4.78 is 37.7. The monoisotopic (exact) mass is 804 g/mol. The van der Waals surface area contributed by atoms with Crippen LogP contribution in [0.4, 0.5) is 5.95 Å². The molecule has 16 nitrogen and oxygen atoms in total. The van der Waals surface area contributed by atoms with Crippen LogP contribution in [-0.4, -0.2) is 95.8 Å². The average molecular weight is 805 g/mol. The smallest absolute Gasteiger partial charge is 0.280 e. The van der Waals surface area contributed by atoms with Crippen LogP contribution in [0.3, 0.4) is 0 Å². The molecule has 4 N–H and O–H groups in total. The third-order valence-electron chi connectivity index (χ3n) is 9.95. The van der Waals surface area contributed by atoms with Crippen molar-refractivity contribution < 1.29 is 43.1 Å². The van der Waals surface area contributed by atoms with E-state index in [4.69, 9.17) is 28.4 Å². The Hall–Kier alpha value is -6.59. The number of benzene rings is 4. The van der Waals surface area contributed by atoms with E-state index in [9.17, 15) is 19.5 Å². The quantitative estimate of drug-likeness (QED) is 0.0971. The van der Waals surface area contributed by atoms with E-state index >= 15 is 0 Å². The number of aliphatic hydroxyl groups excluding tert-OH is 1. The van der Waals surface area contributed by atoms with Gasteiger partial charge in [-0.3, -0.25) is 29.3 Å². The number of ether oxygens (including phenoxy) is 6.